The van der Waals surface area contributed by atoms with E-state index in [0.717, 1.165) is 39.3 Å². The molecule has 3 aromatic rings. The monoisotopic (exact) mass is 346 g/mol. The SMILES string of the molecule is O=c1[nH]c(CN2CC(F)C2)c2c3c(c(-c4cn[nH]c4)sc13)OCC2. The summed E-state index contributed by atoms with van der Waals surface area (Å²) in [4.78, 5) is 18.5. The summed E-state index contributed by atoms with van der Waals surface area (Å²) < 4.78 is 19.7. The van der Waals surface area contributed by atoms with Gasteiger partial charge in [-0.2, -0.15) is 5.10 Å². The third-order valence-corrected chi connectivity index (χ3v) is 5.87. The fraction of sp³-hybridized carbons (Fsp3) is 0.375. The molecule has 0 spiro atoms. The van der Waals surface area contributed by atoms with E-state index in [9.17, 15) is 9.18 Å². The zero-order valence-electron chi connectivity index (χ0n) is 12.8. The molecular formula is C16H15FN4O2S. The van der Waals surface area contributed by atoms with E-state index in [1.165, 1.54) is 11.3 Å². The lowest BCUT2D eigenvalue weighted by Crippen LogP contribution is -2.48. The van der Waals surface area contributed by atoms with Gasteiger partial charge in [-0.15, -0.1) is 11.3 Å². The van der Waals surface area contributed by atoms with Gasteiger partial charge in [0.1, 0.15) is 16.6 Å². The number of halogens is 1. The third-order valence-electron chi connectivity index (χ3n) is 4.65. The van der Waals surface area contributed by atoms with Crippen LogP contribution >= 0.6 is 11.3 Å². The van der Waals surface area contributed by atoms with Crippen molar-refractivity contribution in [2.45, 2.75) is 19.1 Å². The summed E-state index contributed by atoms with van der Waals surface area (Å²) in [6.07, 6.45) is 3.54. The standard InChI is InChI=1S/C16H15FN4O2S/c17-9-5-21(6-9)7-11-10-1-2-23-13-12(10)15(16(22)20-11)24-14(13)8-3-18-19-4-8/h3-4,9H,1-2,5-7H2,(H,18,19)(H,20,22). The zero-order chi connectivity index (χ0) is 16.3. The molecule has 0 amide bonds. The number of pyridine rings is 1. The average molecular weight is 346 g/mol. The van der Waals surface area contributed by atoms with Gasteiger partial charge in [0.25, 0.3) is 5.56 Å². The molecule has 0 aliphatic carbocycles. The summed E-state index contributed by atoms with van der Waals surface area (Å²) in [5, 5.41) is 7.70. The van der Waals surface area contributed by atoms with Crippen LogP contribution in [0.3, 0.4) is 0 Å². The van der Waals surface area contributed by atoms with Gasteiger partial charge in [0, 0.05) is 48.9 Å². The zero-order valence-corrected chi connectivity index (χ0v) is 13.6. The van der Waals surface area contributed by atoms with E-state index < -0.39 is 6.17 Å². The highest BCUT2D eigenvalue weighted by molar-refractivity contribution is 7.22. The van der Waals surface area contributed by atoms with E-state index in [0.29, 0.717) is 30.9 Å². The van der Waals surface area contributed by atoms with Crippen LogP contribution in [0.5, 0.6) is 5.75 Å². The molecule has 2 aliphatic rings. The van der Waals surface area contributed by atoms with Crippen LogP contribution in [0.2, 0.25) is 0 Å². The van der Waals surface area contributed by atoms with Crippen molar-refractivity contribution in [3.8, 4) is 16.2 Å². The molecular weight excluding hydrogens is 331 g/mol. The predicted octanol–water partition coefficient (Wildman–Crippen LogP) is 2.07. The number of thiophene rings is 1. The first kappa shape index (κ1) is 14.2. The Morgan fingerprint density at radius 2 is 2.33 bits per heavy atom. The maximum absolute atomic E-state index is 13.1. The smallest absolute Gasteiger partial charge is 0.266 e. The Morgan fingerprint density at radius 3 is 3.08 bits per heavy atom. The first-order valence-electron chi connectivity index (χ1n) is 7.89. The van der Waals surface area contributed by atoms with Gasteiger partial charge >= 0.3 is 0 Å². The van der Waals surface area contributed by atoms with Crippen LogP contribution < -0.4 is 10.3 Å². The van der Waals surface area contributed by atoms with Crippen LogP contribution in [0.1, 0.15) is 11.3 Å². The van der Waals surface area contributed by atoms with Crippen molar-refractivity contribution in [1.29, 1.82) is 0 Å². The summed E-state index contributed by atoms with van der Waals surface area (Å²) in [5.74, 6) is 0.775. The predicted molar refractivity (Wildman–Crippen MR) is 89.4 cm³/mol. The quantitative estimate of drug-likeness (QED) is 0.761. The molecule has 6 nitrogen and oxygen atoms in total. The largest absolute Gasteiger partial charge is 0.491 e. The molecule has 2 N–H and O–H groups in total. The molecule has 8 heteroatoms. The maximum Gasteiger partial charge on any atom is 0.266 e. The minimum absolute atomic E-state index is 0.104. The van der Waals surface area contributed by atoms with E-state index in [1.54, 1.807) is 12.4 Å². The first-order valence-corrected chi connectivity index (χ1v) is 8.71. The molecule has 24 heavy (non-hydrogen) atoms. The van der Waals surface area contributed by atoms with Crippen molar-refractivity contribution >= 4 is 21.4 Å². The lowest BCUT2D eigenvalue weighted by molar-refractivity contribution is 0.0577. The van der Waals surface area contributed by atoms with E-state index in [2.05, 4.69) is 15.2 Å². The molecule has 5 rings (SSSR count). The Bertz CT molecular complexity index is 972. The number of rotatable bonds is 3. The lowest BCUT2D eigenvalue weighted by Gasteiger charge is -2.34. The second-order valence-corrected chi connectivity index (χ2v) is 7.27. The highest BCUT2D eigenvalue weighted by Crippen LogP contribution is 2.46. The van der Waals surface area contributed by atoms with E-state index >= 15 is 0 Å². The molecule has 0 atom stereocenters. The molecule has 0 bridgehead atoms. The molecule has 2 aliphatic heterocycles. The van der Waals surface area contributed by atoms with Crippen LogP contribution in [0.15, 0.2) is 17.2 Å². The molecule has 0 aromatic carbocycles. The Balaban J connectivity index is 1.69. The number of H-pyrrole nitrogens is 2. The number of alkyl halides is 1. The van der Waals surface area contributed by atoms with Gasteiger partial charge < -0.3 is 9.72 Å². The number of hydrogen-bond acceptors (Lipinski definition) is 5. The second kappa shape index (κ2) is 5.15. The summed E-state index contributed by atoms with van der Waals surface area (Å²) in [6, 6.07) is 0. The van der Waals surface area contributed by atoms with Crippen molar-refractivity contribution in [2.24, 2.45) is 0 Å². The Morgan fingerprint density at radius 1 is 1.46 bits per heavy atom. The minimum Gasteiger partial charge on any atom is -0.491 e. The van der Waals surface area contributed by atoms with Crippen LogP contribution in [-0.2, 0) is 13.0 Å². The average Bonchev–Trinajstić information content (AvgIpc) is 3.18. The Kier molecular flexibility index (Phi) is 3.04. The highest BCUT2D eigenvalue weighted by atomic mass is 32.1. The van der Waals surface area contributed by atoms with E-state index in [4.69, 9.17) is 4.74 Å². The van der Waals surface area contributed by atoms with Crippen molar-refractivity contribution in [1.82, 2.24) is 20.1 Å². The molecule has 124 valence electrons. The topological polar surface area (TPSA) is 74.0 Å². The minimum atomic E-state index is -0.746. The van der Waals surface area contributed by atoms with Crippen LogP contribution in [-0.4, -0.2) is 45.9 Å². The van der Waals surface area contributed by atoms with Gasteiger partial charge in [0.15, 0.2) is 0 Å². The number of aromatic amines is 2. The molecule has 1 saturated heterocycles. The summed E-state index contributed by atoms with van der Waals surface area (Å²) in [6.45, 7) is 2.03. The molecule has 3 aromatic heterocycles. The fourth-order valence-electron chi connectivity index (χ4n) is 3.50. The summed E-state index contributed by atoms with van der Waals surface area (Å²) in [5.41, 5.74) is 2.83. The summed E-state index contributed by atoms with van der Waals surface area (Å²) >= 11 is 1.43. The van der Waals surface area contributed by atoms with Gasteiger partial charge in [-0.25, -0.2) is 4.39 Å². The van der Waals surface area contributed by atoms with Gasteiger partial charge in [-0.05, 0) is 5.56 Å². The highest BCUT2D eigenvalue weighted by Gasteiger charge is 2.30. The Hall–Kier alpha value is -2.19. The Labute approximate surface area is 140 Å². The first-order chi connectivity index (χ1) is 11.7. The van der Waals surface area contributed by atoms with Gasteiger partial charge in [0.05, 0.1) is 17.7 Å². The number of nitrogens with one attached hydrogen (secondary N) is 2. The van der Waals surface area contributed by atoms with Crippen LogP contribution in [0, 0.1) is 0 Å². The van der Waals surface area contributed by atoms with Crippen molar-refractivity contribution < 1.29 is 9.13 Å². The van der Waals surface area contributed by atoms with Gasteiger partial charge in [0.2, 0.25) is 0 Å². The van der Waals surface area contributed by atoms with Crippen LogP contribution in [0.4, 0.5) is 4.39 Å². The maximum atomic E-state index is 13.1. The summed E-state index contributed by atoms with van der Waals surface area (Å²) in [7, 11) is 0. The van der Waals surface area contributed by atoms with Gasteiger partial charge in [-0.3, -0.25) is 14.8 Å². The molecule has 5 heterocycles. The molecule has 0 saturated carbocycles. The van der Waals surface area contributed by atoms with Crippen molar-refractivity contribution in [3.63, 3.8) is 0 Å². The number of aromatic nitrogens is 3. The molecule has 0 radical (unpaired) electrons. The number of hydrogen-bond donors (Lipinski definition) is 2. The number of likely N-dealkylation sites (tertiary alicyclic amines) is 1. The number of ether oxygens (including phenoxy) is 1. The fourth-order valence-corrected chi connectivity index (χ4v) is 4.65. The van der Waals surface area contributed by atoms with E-state index in [-0.39, 0.29) is 5.56 Å². The number of nitrogens with zero attached hydrogens (tertiary/aromatic N) is 2. The molecule has 0 unspecified atom stereocenters. The second-order valence-electron chi connectivity index (χ2n) is 6.25. The van der Waals surface area contributed by atoms with Crippen LogP contribution in [0.25, 0.3) is 20.5 Å². The van der Waals surface area contributed by atoms with Gasteiger partial charge in [-0.1, -0.05) is 0 Å². The lowest BCUT2D eigenvalue weighted by atomic mass is 10.0. The molecule has 1 fully saturated rings. The third kappa shape index (κ3) is 2.03. The normalized spacial score (nSPS) is 17.9. The van der Waals surface area contributed by atoms with E-state index in [1.807, 2.05) is 4.90 Å². The van der Waals surface area contributed by atoms with Crippen molar-refractivity contribution in [2.75, 3.05) is 19.7 Å². The van der Waals surface area contributed by atoms with Crippen molar-refractivity contribution in [3.05, 3.63) is 34.0 Å².